The van der Waals surface area contributed by atoms with Gasteiger partial charge >= 0.3 is 6.09 Å². The van der Waals surface area contributed by atoms with E-state index in [0.717, 1.165) is 40.7 Å². The molecule has 0 spiro atoms. The Kier molecular flexibility index (Phi) is 16.8. The van der Waals surface area contributed by atoms with Crippen LogP contribution in [0.1, 0.15) is 87.2 Å². The maximum atomic E-state index is 14.1. The molecule has 316 valence electrons. The number of carbonyl (C=O) groups excluding carboxylic acids is 4. The maximum Gasteiger partial charge on any atom is 0.407 e. The summed E-state index contributed by atoms with van der Waals surface area (Å²) in [6.07, 6.45) is 3.90. The van der Waals surface area contributed by atoms with Gasteiger partial charge in [0.15, 0.2) is 5.78 Å². The number of aliphatic hydroxyl groups is 1. The van der Waals surface area contributed by atoms with Crippen LogP contribution in [-0.4, -0.2) is 94.5 Å². The van der Waals surface area contributed by atoms with Crippen LogP contribution in [0, 0.1) is 24.7 Å². The monoisotopic (exact) mass is 810 g/mol. The molecule has 1 aliphatic rings. The summed E-state index contributed by atoms with van der Waals surface area (Å²) >= 11 is 0. The summed E-state index contributed by atoms with van der Waals surface area (Å²) in [5.74, 6) is -0.276. The molecule has 1 atom stereocenters. The second-order valence-electron chi connectivity index (χ2n) is 16.2. The lowest BCUT2D eigenvalue weighted by atomic mass is 9.77. The summed E-state index contributed by atoms with van der Waals surface area (Å²) in [5, 5.41) is 28.8. The number of hydrogen-bond donors (Lipinski definition) is 4. The van der Waals surface area contributed by atoms with Crippen molar-refractivity contribution in [3.05, 3.63) is 83.4 Å². The third-order valence-corrected chi connectivity index (χ3v) is 10.4. The largest absolute Gasteiger partial charge is 0.444 e. The van der Waals surface area contributed by atoms with Crippen LogP contribution < -0.4 is 10.6 Å². The summed E-state index contributed by atoms with van der Waals surface area (Å²) in [5.41, 5.74) is 5.13. The Morgan fingerprint density at radius 1 is 0.898 bits per heavy atom. The molecule has 0 bridgehead atoms. The Labute approximate surface area is 346 Å². The SMILES string of the molecule is Cc1ccc(C[C@H](CC(=O)C2CCC(CNC(=O)OC(C)(C)C)CC2)C(=O)Nc2ccc(-c3nn[nH]n3)cc2)cc1-c1cccc(C(=O)CCCOCCOCCO)c1. The van der Waals surface area contributed by atoms with E-state index in [0.29, 0.717) is 75.5 Å². The number of ether oxygens (including phenoxy) is 3. The van der Waals surface area contributed by atoms with Crippen molar-refractivity contribution in [2.24, 2.45) is 17.8 Å². The first-order chi connectivity index (χ1) is 28.4. The van der Waals surface area contributed by atoms with Crippen LogP contribution >= 0.6 is 0 Å². The number of nitrogens with one attached hydrogen (secondary N) is 3. The molecular weight excluding hydrogens is 753 g/mol. The lowest BCUT2D eigenvalue weighted by Gasteiger charge is -2.29. The molecule has 0 saturated heterocycles. The fraction of sp³-hybridized carbons (Fsp3) is 0.489. The van der Waals surface area contributed by atoms with Crippen LogP contribution in [0.2, 0.25) is 0 Å². The van der Waals surface area contributed by atoms with E-state index < -0.39 is 17.6 Å². The van der Waals surface area contributed by atoms with Crippen molar-refractivity contribution in [2.75, 3.05) is 44.9 Å². The molecule has 1 fully saturated rings. The van der Waals surface area contributed by atoms with Crippen molar-refractivity contribution in [3.63, 3.8) is 0 Å². The van der Waals surface area contributed by atoms with Crippen molar-refractivity contribution in [1.29, 1.82) is 0 Å². The van der Waals surface area contributed by atoms with Crippen LogP contribution in [0.3, 0.4) is 0 Å². The van der Waals surface area contributed by atoms with Gasteiger partial charge in [0, 0.05) is 54.6 Å². The van der Waals surface area contributed by atoms with E-state index in [1.54, 1.807) is 24.3 Å². The molecule has 2 amide bonds. The fourth-order valence-corrected chi connectivity index (χ4v) is 7.25. The highest BCUT2D eigenvalue weighted by atomic mass is 16.6. The number of aromatic amines is 1. The van der Waals surface area contributed by atoms with E-state index in [1.807, 2.05) is 64.1 Å². The maximum absolute atomic E-state index is 14.1. The molecule has 0 aliphatic heterocycles. The summed E-state index contributed by atoms with van der Waals surface area (Å²) in [6.45, 7) is 9.48. The third-order valence-electron chi connectivity index (χ3n) is 10.4. The average molecular weight is 811 g/mol. The zero-order valence-electron chi connectivity index (χ0n) is 34.6. The summed E-state index contributed by atoms with van der Waals surface area (Å²) in [4.78, 5) is 53.3. The van der Waals surface area contributed by atoms with Crippen LogP contribution in [0.4, 0.5) is 10.5 Å². The molecule has 0 radical (unpaired) electrons. The Morgan fingerprint density at radius 3 is 2.34 bits per heavy atom. The van der Waals surface area contributed by atoms with Gasteiger partial charge in [-0.15, -0.1) is 10.2 Å². The summed E-state index contributed by atoms with van der Waals surface area (Å²) in [7, 11) is 0. The van der Waals surface area contributed by atoms with Crippen molar-refractivity contribution >= 4 is 29.3 Å². The van der Waals surface area contributed by atoms with Crippen LogP contribution in [0.5, 0.6) is 0 Å². The minimum Gasteiger partial charge on any atom is -0.444 e. The number of tetrazole rings is 1. The van der Waals surface area contributed by atoms with Gasteiger partial charge in [-0.1, -0.05) is 36.4 Å². The molecule has 59 heavy (non-hydrogen) atoms. The molecular formula is C45H58N6O8. The van der Waals surface area contributed by atoms with E-state index in [2.05, 4.69) is 37.3 Å². The number of rotatable bonds is 21. The Hall–Kier alpha value is -5.31. The average Bonchev–Trinajstić information content (AvgIpc) is 3.77. The standard InChI is InChI=1S/C45H58N6O8/c1-30-10-11-32(26-39(30)35-7-5-8-36(27-35)40(53)9-6-21-57-23-24-58-22-20-52)25-37(43(55)47-38-18-16-34(17-19-38)42-48-50-51-49-42)28-41(54)33-14-12-31(13-15-33)29-46-44(56)59-45(2,3)4/h5,7-8,10-11,16-19,26-27,31,33,37,52H,6,9,12-15,20-25,28-29H2,1-4H3,(H,46,56)(H,47,55)(H,48,49,50,51)/t31?,33?,37-/m1/s1. The lowest BCUT2D eigenvalue weighted by molar-refractivity contribution is -0.129. The van der Waals surface area contributed by atoms with Gasteiger partial charge in [0.1, 0.15) is 11.4 Å². The number of aryl methyl sites for hydroxylation is 1. The number of nitrogens with zero attached hydrogens (tertiary/aromatic N) is 3. The number of carbonyl (C=O) groups is 4. The number of benzene rings is 3. The van der Waals surface area contributed by atoms with E-state index in [1.165, 1.54) is 0 Å². The van der Waals surface area contributed by atoms with Crippen molar-refractivity contribution in [1.82, 2.24) is 25.9 Å². The zero-order valence-corrected chi connectivity index (χ0v) is 34.6. The molecule has 4 aromatic rings. The van der Waals surface area contributed by atoms with Gasteiger partial charge in [-0.3, -0.25) is 14.4 Å². The number of hydrogen-bond acceptors (Lipinski definition) is 11. The number of H-pyrrole nitrogens is 1. The predicted octanol–water partition coefficient (Wildman–Crippen LogP) is 6.92. The van der Waals surface area contributed by atoms with E-state index in [4.69, 9.17) is 19.3 Å². The Balaban J connectivity index is 1.25. The second-order valence-corrected chi connectivity index (χ2v) is 16.2. The highest BCUT2D eigenvalue weighted by Gasteiger charge is 2.31. The minimum absolute atomic E-state index is 0.0229. The van der Waals surface area contributed by atoms with Gasteiger partial charge in [0.2, 0.25) is 11.7 Å². The second kappa shape index (κ2) is 22.2. The van der Waals surface area contributed by atoms with Crippen LogP contribution in [-0.2, 0) is 30.2 Å². The molecule has 3 aromatic carbocycles. The molecule has 0 unspecified atom stereocenters. The number of aliphatic hydroxyl groups excluding tert-OH is 1. The van der Waals surface area contributed by atoms with Gasteiger partial charge < -0.3 is 30.0 Å². The number of amides is 2. The molecule has 1 aliphatic carbocycles. The number of anilines is 1. The fourth-order valence-electron chi connectivity index (χ4n) is 7.25. The molecule has 1 heterocycles. The normalized spacial score (nSPS) is 15.9. The molecule has 5 rings (SSSR count). The van der Waals surface area contributed by atoms with Gasteiger partial charge in [0.25, 0.3) is 0 Å². The summed E-state index contributed by atoms with van der Waals surface area (Å²) < 4.78 is 16.1. The molecule has 1 aromatic heterocycles. The predicted molar refractivity (Wildman–Crippen MR) is 224 cm³/mol. The first-order valence-electron chi connectivity index (χ1n) is 20.5. The first kappa shape index (κ1) is 44.8. The molecule has 14 nitrogen and oxygen atoms in total. The smallest absolute Gasteiger partial charge is 0.407 e. The topological polar surface area (TPSA) is 195 Å². The van der Waals surface area contributed by atoms with Crippen molar-refractivity contribution < 1.29 is 38.5 Å². The number of aromatic nitrogens is 4. The highest BCUT2D eigenvalue weighted by Crippen LogP contribution is 2.33. The Morgan fingerprint density at radius 2 is 1.64 bits per heavy atom. The lowest BCUT2D eigenvalue weighted by Crippen LogP contribution is -2.37. The molecule has 4 N–H and O–H groups in total. The highest BCUT2D eigenvalue weighted by molar-refractivity contribution is 5.98. The number of alkyl carbamates (subject to hydrolysis) is 1. The summed E-state index contributed by atoms with van der Waals surface area (Å²) in [6, 6.07) is 20.8. The van der Waals surface area contributed by atoms with Crippen molar-refractivity contribution in [2.45, 2.75) is 84.7 Å². The van der Waals surface area contributed by atoms with Gasteiger partial charge in [-0.25, -0.2) is 4.79 Å². The van der Waals surface area contributed by atoms with Crippen LogP contribution in [0.15, 0.2) is 66.7 Å². The Bertz CT molecular complexity index is 1970. The van der Waals surface area contributed by atoms with Gasteiger partial charge in [-0.2, -0.15) is 5.21 Å². The van der Waals surface area contributed by atoms with Gasteiger partial charge in [-0.05, 0) is 130 Å². The molecule has 1 saturated carbocycles. The van der Waals surface area contributed by atoms with E-state index >= 15 is 0 Å². The van der Waals surface area contributed by atoms with Gasteiger partial charge in [0.05, 0.1) is 26.4 Å². The first-order valence-corrected chi connectivity index (χ1v) is 20.5. The zero-order chi connectivity index (χ0) is 42.2. The quantitative estimate of drug-likeness (QED) is 0.0504. The van der Waals surface area contributed by atoms with Crippen molar-refractivity contribution in [3.8, 4) is 22.5 Å². The third kappa shape index (κ3) is 14.5. The number of Topliss-reactive ketones (excluding diaryl/α,β-unsaturated/α-hetero) is 2. The molecule has 14 heteroatoms. The van der Waals surface area contributed by atoms with Crippen LogP contribution in [0.25, 0.3) is 22.5 Å². The minimum atomic E-state index is -0.641. The van der Waals surface area contributed by atoms with E-state index in [9.17, 15) is 19.2 Å². The number of ketones is 2. The van der Waals surface area contributed by atoms with E-state index in [-0.39, 0.29) is 48.9 Å².